The highest BCUT2D eigenvalue weighted by Gasteiger charge is 2.41. The Labute approximate surface area is 129 Å². The molecule has 1 aromatic heterocycles. The van der Waals surface area contributed by atoms with Crippen molar-refractivity contribution in [1.82, 2.24) is 0 Å². The Morgan fingerprint density at radius 3 is 2.40 bits per heavy atom. The molecule has 1 heterocycles. The zero-order valence-corrected chi connectivity index (χ0v) is 13.0. The first-order chi connectivity index (χ1) is 9.71. The van der Waals surface area contributed by atoms with Crippen molar-refractivity contribution in [3.05, 3.63) is 57.2 Å². The van der Waals surface area contributed by atoms with Gasteiger partial charge in [-0.3, -0.25) is 0 Å². The van der Waals surface area contributed by atoms with E-state index in [1.807, 2.05) is 18.2 Å². The Morgan fingerprint density at radius 2 is 1.80 bits per heavy atom. The van der Waals surface area contributed by atoms with Gasteiger partial charge in [0.2, 0.25) is 0 Å². The molecule has 20 heavy (non-hydrogen) atoms. The van der Waals surface area contributed by atoms with Crippen molar-refractivity contribution in [2.45, 2.75) is 43.6 Å². The van der Waals surface area contributed by atoms with Crippen molar-refractivity contribution in [2.24, 2.45) is 0 Å². The van der Waals surface area contributed by atoms with E-state index in [0.717, 1.165) is 17.2 Å². The summed E-state index contributed by atoms with van der Waals surface area (Å²) in [5, 5.41) is 10.9. The molecule has 1 atom stereocenters. The zero-order valence-electron chi connectivity index (χ0n) is 11.4. The molecule has 1 nitrogen and oxygen atoms in total. The van der Waals surface area contributed by atoms with Gasteiger partial charge < -0.3 is 5.11 Å². The van der Waals surface area contributed by atoms with Gasteiger partial charge >= 0.3 is 0 Å². The maximum Gasteiger partial charge on any atom is 0.0931 e. The summed E-state index contributed by atoms with van der Waals surface area (Å²) in [7, 11) is 0. The highest BCUT2D eigenvalue weighted by atomic mass is 35.5. The van der Waals surface area contributed by atoms with Crippen LogP contribution in [0.2, 0.25) is 4.34 Å². The first-order valence-corrected chi connectivity index (χ1v) is 8.38. The lowest BCUT2D eigenvalue weighted by molar-refractivity contribution is 0.0833. The maximum absolute atomic E-state index is 10.9. The molecule has 106 valence electrons. The summed E-state index contributed by atoms with van der Waals surface area (Å²) >= 11 is 7.57. The van der Waals surface area contributed by atoms with Crippen molar-refractivity contribution in [2.75, 3.05) is 0 Å². The van der Waals surface area contributed by atoms with Crippen LogP contribution in [0.3, 0.4) is 0 Å². The third kappa shape index (κ3) is 2.65. The Balaban J connectivity index is 1.87. The van der Waals surface area contributed by atoms with E-state index < -0.39 is 0 Å². The number of aliphatic hydroxyl groups is 1. The molecule has 1 aromatic carbocycles. The Bertz CT molecular complexity index is 557. The number of benzene rings is 1. The normalized spacial score (nSPS) is 19.1. The molecule has 1 N–H and O–H groups in total. The van der Waals surface area contributed by atoms with E-state index in [1.165, 1.54) is 23.3 Å². The van der Waals surface area contributed by atoms with Gasteiger partial charge in [0.1, 0.15) is 0 Å². The molecule has 1 aliphatic carbocycles. The first kappa shape index (κ1) is 14.1. The molecule has 1 unspecified atom stereocenters. The molecule has 2 aromatic rings. The Morgan fingerprint density at radius 1 is 1.10 bits per heavy atom. The lowest BCUT2D eigenvalue weighted by atomic mass is 9.73. The van der Waals surface area contributed by atoms with E-state index in [1.54, 1.807) is 11.3 Å². The van der Waals surface area contributed by atoms with Crippen molar-refractivity contribution >= 4 is 22.9 Å². The zero-order chi connectivity index (χ0) is 14.0. The van der Waals surface area contributed by atoms with Gasteiger partial charge in [0.15, 0.2) is 0 Å². The fraction of sp³-hybridized carbons (Fsp3) is 0.412. The van der Waals surface area contributed by atoms with E-state index in [2.05, 4.69) is 24.3 Å². The molecule has 1 fully saturated rings. The van der Waals surface area contributed by atoms with Gasteiger partial charge in [-0.1, -0.05) is 54.8 Å². The second-order valence-electron chi connectivity index (χ2n) is 5.66. The average Bonchev–Trinajstić information content (AvgIpc) is 3.10. The van der Waals surface area contributed by atoms with Crippen LogP contribution in [0.1, 0.15) is 36.1 Å². The van der Waals surface area contributed by atoms with Gasteiger partial charge in [-0.15, -0.1) is 11.3 Å². The molecule has 0 aliphatic heterocycles. The molecule has 0 amide bonds. The van der Waals surface area contributed by atoms with E-state index in [4.69, 9.17) is 11.6 Å². The van der Waals surface area contributed by atoms with E-state index in [9.17, 15) is 5.11 Å². The summed E-state index contributed by atoms with van der Waals surface area (Å²) < 4.78 is 0.799. The Kier molecular flexibility index (Phi) is 4.16. The topological polar surface area (TPSA) is 20.2 Å². The van der Waals surface area contributed by atoms with Gasteiger partial charge in [0.25, 0.3) is 0 Å². The van der Waals surface area contributed by atoms with Crippen LogP contribution in [-0.2, 0) is 11.8 Å². The monoisotopic (exact) mass is 306 g/mol. The smallest absolute Gasteiger partial charge is 0.0931 e. The van der Waals surface area contributed by atoms with Crippen LogP contribution in [-0.4, -0.2) is 11.2 Å². The highest BCUT2D eigenvalue weighted by molar-refractivity contribution is 7.16. The fourth-order valence-electron chi connectivity index (χ4n) is 3.44. The third-order valence-electron chi connectivity index (χ3n) is 4.51. The first-order valence-electron chi connectivity index (χ1n) is 7.18. The van der Waals surface area contributed by atoms with Crippen molar-refractivity contribution in [1.29, 1.82) is 0 Å². The van der Waals surface area contributed by atoms with Crippen LogP contribution < -0.4 is 0 Å². The summed E-state index contributed by atoms with van der Waals surface area (Å²) in [4.78, 5) is 1.17. The number of aliphatic hydroxyl groups excluding tert-OH is 1. The van der Waals surface area contributed by atoms with Crippen LogP contribution in [0.25, 0.3) is 0 Å². The second-order valence-corrected chi connectivity index (χ2v) is 7.45. The molecule has 0 bridgehead atoms. The quantitative estimate of drug-likeness (QED) is 0.859. The number of hydrogen-bond acceptors (Lipinski definition) is 2. The standard InChI is InChI=1S/C17H19ClOS/c18-16-9-8-14(20-16)12-15(19)17(10-4-5-11-17)13-6-2-1-3-7-13/h1-3,6-9,15,19H,4-5,10-12H2. The van der Waals surface area contributed by atoms with Crippen molar-refractivity contribution in [3.63, 3.8) is 0 Å². The maximum atomic E-state index is 10.9. The fourth-order valence-corrected chi connectivity index (χ4v) is 4.56. The summed E-state index contributed by atoms with van der Waals surface area (Å²) in [6.07, 6.45) is 4.94. The minimum absolute atomic E-state index is 0.0717. The summed E-state index contributed by atoms with van der Waals surface area (Å²) in [6, 6.07) is 14.5. The summed E-state index contributed by atoms with van der Waals surface area (Å²) in [5.74, 6) is 0. The highest BCUT2D eigenvalue weighted by Crippen LogP contribution is 2.45. The van der Waals surface area contributed by atoms with Gasteiger partial charge in [-0.05, 0) is 30.5 Å². The summed E-state index contributed by atoms with van der Waals surface area (Å²) in [5.41, 5.74) is 1.21. The van der Waals surface area contributed by atoms with Crippen LogP contribution in [0.5, 0.6) is 0 Å². The molecule has 1 saturated carbocycles. The third-order valence-corrected chi connectivity index (χ3v) is 5.76. The molecule has 0 saturated heterocycles. The molecule has 1 aliphatic rings. The number of thiophene rings is 1. The van der Waals surface area contributed by atoms with Crippen molar-refractivity contribution in [3.8, 4) is 0 Å². The van der Waals surface area contributed by atoms with E-state index >= 15 is 0 Å². The predicted octanol–water partition coefficient (Wildman–Crippen LogP) is 4.82. The lowest BCUT2D eigenvalue weighted by Gasteiger charge is -2.35. The molecule has 3 rings (SSSR count). The Hall–Kier alpha value is -0.830. The average molecular weight is 307 g/mol. The minimum atomic E-state index is -0.331. The van der Waals surface area contributed by atoms with Gasteiger partial charge in [-0.2, -0.15) is 0 Å². The van der Waals surface area contributed by atoms with Gasteiger partial charge in [0.05, 0.1) is 10.4 Å². The summed E-state index contributed by atoms with van der Waals surface area (Å²) in [6.45, 7) is 0. The predicted molar refractivity (Wildman–Crippen MR) is 85.6 cm³/mol. The van der Waals surface area contributed by atoms with Gasteiger partial charge in [0, 0.05) is 16.7 Å². The van der Waals surface area contributed by atoms with E-state index in [0.29, 0.717) is 6.42 Å². The lowest BCUT2D eigenvalue weighted by Crippen LogP contribution is -2.38. The van der Waals surface area contributed by atoms with E-state index in [-0.39, 0.29) is 11.5 Å². The SMILES string of the molecule is OC(Cc1ccc(Cl)s1)C1(c2ccccc2)CCCC1. The van der Waals surface area contributed by atoms with Crippen LogP contribution >= 0.6 is 22.9 Å². The van der Waals surface area contributed by atoms with Gasteiger partial charge in [-0.25, -0.2) is 0 Å². The number of rotatable bonds is 4. The molecule has 0 radical (unpaired) electrons. The molecular formula is C17H19ClOS. The van der Waals surface area contributed by atoms with Crippen LogP contribution in [0.15, 0.2) is 42.5 Å². The van der Waals surface area contributed by atoms with Crippen LogP contribution in [0.4, 0.5) is 0 Å². The number of halogens is 1. The largest absolute Gasteiger partial charge is 0.392 e. The molecule has 0 spiro atoms. The second kappa shape index (κ2) is 5.88. The van der Waals surface area contributed by atoms with Crippen LogP contribution in [0, 0.1) is 0 Å². The molecule has 3 heteroatoms. The number of hydrogen-bond donors (Lipinski definition) is 1. The molecular weight excluding hydrogens is 288 g/mol. The minimum Gasteiger partial charge on any atom is -0.392 e. The van der Waals surface area contributed by atoms with Crippen molar-refractivity contribution < 1.29 is 5.11 Å².